The summed E-state index contributed by atoms with van der Waals surface area (Å²) in [5.41, 5.74) is 6.61. The first-order valence-corrected chi connectivity index (χ1v) is 7.34. The van der Waals surface area contributed by atoms with Crippen molar-refractivity contribution in [3.05, 3.63) is 71.1 Å². The van der Waals surface area contributed by atoms with E-state index in [9.17, 15) is 9.59 Å². The van der Waals surface area contributed by atoms with E-state index in [1.807, 2.05) is 30.3 Å². The maximum absolute atomic E-state index is 12.0. The fourth-order valence-corrected chi connectivity index (χ4v) is 2.07. The highest BCUT2D eigenvalue weighted by Gasteiger charge is 2.12. The summed E-state index contributed by atoms with van der Waals surface area (Å²) in [7, 11) is 0. The Balaban J connectivity index is 1.62. The number of H-pyrrole nitrogens is 1. The van der Waals surface area contributed by atoms with E-state index in [2.05, 4.69) is 26.0 Å². The van der Waals surface area contributed by atoms with Crippen LogP contribution in [-0.4, -0.2) is 27.0 Å². The average molecular weight is 342 g/mol. The molecule has 0 aliphatic heterocycles. The third kappa shape index (κ3) is 3.58. The van der Waals surface area contributed by atoms with E-state index < -0.39 is 11.8 Å². The lowest BCUT2D eigenvalue weighted by molar-refractivity contribution is 0.0843. The second-order valence-electron chi connectivity index (χ2n) is 4.81. The Hall–Kier alpha value is -3.19. The number of aromatic nitrogens is 3. The zero-order valence-electron chi connectivity index (χ0n) is 12.3. The quantitative estimate of drug-likeness (QED) is 0.502. The van der Waals surface area contributed by atoms with Crippen molar-refractivity contribution in [2.75, 3.05) is 0 Å². The van der Waals surface area contributed by atoms with Gasteiger partial charge in [-0.15, -0.1) is 0 Å². The minimum absolute atomic E-state index is 0.225. The van der Waals surface area contributed by atoms with Crippen molar-refractivity contribution in [2.24, 2.45) is 0 Å². The monoisotopic (exact) mass is 341 g/mol. The van der Waals surface area contributed by atoms with E-state index in [-0.39, 0.29) is 16.4 Å². The van der Waals surface area contributed by atoms with Crippen LogP contribution in [0.3, 0.4) is 0 Å². The largest absolute Gasteiger partial charge is 0.287 e. The summed E-state index contributed by atoms with van der Waals surface area (Å²) in [5.74, 6) is -1.02. The number of hydrogen-bond donors (Lipinski definition) is 3. The molecule has 0 bridgehead atoms. The molecule has 3 N–H and O–H groups in total. The second kappa shape index (κ2) is 6.93. The summed E-state index contributed by atoms with van der Waals surface area (Å²) in [5, 5.41) is 6.99. The van der Waals surface area contributed by atoms with Crippen LogP contribution in [0.15, 0.2) is 54.7 Å². The lowest BCUT2D eigenvalue weighted by atomic mass is 10.1. The van der Waals surface area contributed by atoms with Gasteiger partial charge >= 0.3 is 0 Å². The number of benzene rings is 1. The van der Waals surface area contributed by atoms with Crippen molar-refractivity contribution >= 4 is 23.4 Å². The number of halogens is 1. The fourth-order valence-electron chi connectivity index (χ4n) is 1.96. The Kier molecular flexibility index (Phi) is 4.53. The third-order valence-corrected chi connectivity index (χ3v) is 3.39. The van der Waals surface area contributed by atoms with Crippen LogP contribution < -0.4 is 10.9 Å². The zero-order chi connectivity index (χ0) is 16.9. The first-order chi connectivity index (χ1) is 11.6. The number of nitrogens with zero attached hydrogens (tertiary/aromatic N) is 2. The van der Waals surface area contributed by atoms with E-state index in [1.165, 1.54) is 18.3 Å². The van der Waals surface area contributed by atoms with Crippen LogP contribution in [0, 0.1) is 0 Å². The summed E-state index contributed by atoms with van der Waals surface area (Å²) in [6, 6.07) is 14.0. The molecule has 0 radical (unpaired) electrons. The molecule has 0 saturated heterocycles. The van der Waals surface area contributed by atoms with Crippen LogP contribution in [-0.2, 0) is 0 Å². The van der Waals surface area contributed by atoms with Gasteiger partial charge in [-0.3, -0.25) is 25.5 Å². The Bertz CT molecular complexity index is 862. The highest BCUT2D eigenvalue weighted by Crippen LogP contribution is 2.16. The van der Waals surface area contributed by atoms with E-state index in [1.54, 1.807) is 6.07 Å². The van der Waals surface area contributed by atoms with Gasteiger partial charge in [-0.05, 0) is 18.2 Å². The van der Waals surface area contributed by atoms with Gasteiger partial charge in [-0.2, -0.15) is 5.10 Å². The van der Waals surface area contributed by atoms with Gasteiger partial charge in [0, 0.05) is 11.8 Å². The summed E-state index contributed by atoms with van der Waals surface area (Å²) < 4.78 is 0. The number of aromatic amines is 1. The number of carbonyl (C=O) groups excluding carboxylic acids is 2. The molecule has 0 aliphatic carbocycles. The number of hydrazine groups is 1. The van der Waals surface area contributed by atoms with Crippen LogP contribution in [0.25, 0.3) is 11.3 Å². The highest BCUT2D eigenvalue weighted by atomic mass is 35.5. The molecule has 3 aromatic rings. The SMILES string of the molecule is O=C(NNC(=O)c1cc(-c2ccccc2)n[nH]1)c1ccc(Cl)nc1. The summed E-state index contributed by atoms with van der Waals surface area (Å²) in [6.07, 6.45) is 1.31. The second-order valence-corrected chi connectivity index (χ2v) is 5.20. The van der Waals surface area contributed by atoms with E-state index in [0.29, 0.717) is 5.69 Å². The molecule has 2 heterocycles. The number of rotatable bonds is 3. The fraction of sp³-hybridized carbons (Fsp3) is 0. The van der Waals surface area contributed by atoms with E-state index in [0.717, 1.165) is 5.56 Å². The predicted molar refractivity (Wildman–Crippen MR) is 88.2 cm³/mol. The lowest BCUT2D eigenvalue weighted by Crippen LogP contribution is -2.41. The van der Waals surface area contributed by atoms with Crippen LogP contribution >= 0.6 is 11.6 Å². The van der Waals surface area contributed by atoms with Crippen LogP contribution in [0.5, 0.6) is 0 Å². The summed E-state index contributed by atoms with van der Waals surface area (Å²) in [6.45, 7) is 0. The maximum atomic E-state index is 12.0. The smallest absolute Gasteiger partial charge is 0.272 e. The first-order valence-electron chi connectivity index (χ1n) is 6.96. The van der Waals surface area contributed by atoms with Gasteiger partial charge in [0.1, 0.15) is 10.8 Å². The molecule has 0 atom stereocenters. The average Bonchev–Trinajstić information content (AvgIpc) is 3.11. The van der Waals surface area contributed by atoms with Crippen molar-refractivity contribution in [3.63, 3.8) is 0 Å². The molecule has 0 saturated carbocycles. The van der Waals surface area contributed by atoms with Gasteiger partial charge in [0.25, 0.3) is 11.8 Å². The van der Waals surface area contributed by atoms with Crippen LogP contribution in [0.2, 0.25) is 5.15 Å². The molecular formula is C16H12ClN5O2. The van der Waals surface area contributed by atoms with Gasteiger partial charge in [-0.25, -0.2) is 4.98 Å². The molecular weight excluding hydrogens is 330 g/mol. The topological polar surface area (TPSA) is 99.8 Å². The molecule has 120 valence electrons. The molecule has 24 heavy (non-hydrogen) atoms. The van der Waals surface area contributed by atoms with Gasteiger partial charge in [0.05, 0.1) is 11.3 Å². The molecule has 2 amide bonds. The molecule has 2 aromatic heterocycles. The first kappa shape index (κ1) is 15.7. The Labute approximate surface area is 142 Å². The molecule has 1 aromatic carbocycles. The van der Waals surface area contributed by atoms with Crippen molar-refractivity contribution in [3.8, 4) is 11.3 Å². The van der Waals surface area contributed by atoms with Gasteiger partial charge < -0.3 is 0 Å². The zero-order valence-corrected chi connectivity index (χ0v) is 13.0. The molecule has 0 spiro atoms. The lowest BCUT2D eigenvalue weighted by Gasteiger charge is -2.05. The summed E-state index contributed by atoms with van der Waals surface area (Å²) in [4.78, 5) is 27.7. The van der Waals surface area contributed by atoms with Crippen molar-refractivity contribution in [1.82, 2.24) is 26.0 Å². The standard InChI is InChI=1S/C16H12ClN5O2/c17-14-7-6-11(9-18-14)15(23)21-22-16(24)13-8-12(19-20-13)10-4-2-1-3-5-10/h1-9H,(H,19,20)(H,21,23)(H,22,24). The Morgan fingerprint density at radius 3 is 2.46 bits per heavy atom. The molecule has 0 fully saturated rings. The molecule has 0 aliphatic rings. The number of pyridine rings is 1. The van der Waals surface area contributed by atoms with E-state index >= 15 is 0 Å². The van der Waals surface area contributed by atoms with Crippen LogP contribution in [0.4, 0.5) is 0 Å². The minimum Gasteiger partial charge on any atom is -0.272 e. The van der Waals surface area contributed by atoms with E-state index in [4.69, 9.17) is 11.6 Å². The van der Waals surface area contributed by atoms with Gasteiger partial charge in [-0.1, -0.05) is 41.9 Å². The maximum Gasteiger partial charge on any atom is 0.287 e. The third-order valence-electron chi connectivity index (χ3n) is 3.17. The van der Waals surface area contributed by atoms with Crippen LogP contribution in [0.1, 0.15) is 20.8 Å². The molecule has 0 unspecified atom stereocenters. The molecule has 8 heteroatoms. The summed E-state index contributed by atoms with van der Waals surface area (Å²) >= 11 is 5.65. The van der Waals surface area contributed by atoms with Gasteiger partial charge in [0.2, 0.25) is 0 Å². The normalized spacial score (nSPS) is 10.2. The Morgan fingerprint density at radius 2 is 1.75 bits per heavy atom. The van der Waals surface area contributed by atoms with Crippen molar-refractivity contribution in [1.29, 1.82) is 0 Å². The molecule has 7 nitrogen and oxygen atoms in total. The number of hydrogen-bond acceptors (Lipinski definition) is 4. The Morgan fingerprint density at radius 1 is 1.00 bits per heavy atom. The van der Waals surface area contributed by atoms with Crippen molar-refractivity contribution < 1.29 is 9.59 Å². The number of nitrogens with one attached hydrogen (secondary N) is 3. The predicted octanol–water partition coefficient (Wildman–Crippen LogP) is 2.20. The highest BCUT2D eigenvalue weighted by molar-refractivity contribution is 6.29. The number of carbonyl (C=O) groups is 2. The van der Waals surface area contributed by atoms with Crippen molar-refractivity contribution in [2.45, 2.75) is 0 Å². The minimum atomic E-state index is -0.514. The number of amides is 2. The molecule has 3 rings (SSSR count). The van der Waals surface area contributed by atoms with Gasteiger partial charge in [0.15, 0.2) is 0 Å².